The van der Waals surface area contributed by atoms with Crippen molar-refractivity contribution in [2.75, 3.05) is 11.9 Å². The van der Waals surface area contributed by atoms with E-state index in [1.807, 2.05) is 18.3 Å². The molecule has 0 aliphatic rings. The molecule has 0 saturated carbocycles. The average molecular weight is 231 g/mol. The van der Waals surface area contributed by atoms with E-state index in [4.69, 9.17) is 5.26 Å². The molecule has 0 aliphatic carbocycles. The Morgan fingerprint density at radius 2 is 2.29 bits per heavy atom. The van der Waals surface area contributed by atoms with Crippen molar-refractivity contribution < 1.29 is 0 Å². The lowest BCUT2D eigenvalue weighted by Crippen LogP contribution is -2.28. The maximum atomic E-state index is 8.65. The minimum Gasteiger partial charge on any atom is -0.324 e. The Bertz CT molecular complexity index is 411. The quantitative estimate of drug-likeness (QED) is 0.353. The Balaban J connectivity index is 2.70. The van der Waals surface area contributed by atoms with Crippen LogP contribution in [0.5, 0.6) is 0 Å². The minimum absolute atomic E-state index is 0.0823. The summed E-state index contributed by atoms with van der Waals surface area (Å²) in [5.41, 5.74) is 0.877. The van der Waals surface area contributed by atoms with E-state index in [0.717, 1.165) is 5.69 Å². The Hall–Kier alpha value is -2.09. The Morgan fingerprint density at radius 1 is 1.53 bits per heavy atom. The van der Waals surface area contributed by atoms with E-state index >= 15 is 0 Å². The second-order valence-electron chi connectivity index (χ2n) is 4.83. The Labute approximate surface area is 102 Å². The highest BCUT2D eigenvalue weighted by molar-refractivity contribution is 5.94. The van der Waals surface area contributed by atoms with Crippen LogP contribution in [0.2, 0.25) is 0 Å². The molecule has 90 valence electrons. The summed E-state index contributed by atoms with van der Waals surface area (Å²) in [5.74, 6) is 0.440. The van der Waals surface area contributed by atoms with Crippen molar-refractivity contribution in [2.24, 2.45) is 10.4 Å². The lowest BCUT2D eigenvalue weighted by atomic mass is 9.97. The number of rotatable bonds is 2. The summed E-state index contributed by atoms with van der Waals surface area (Å²) in [6.07, 6.45) is 5.22. The molecule has 1 rings (SSSR count). The molecule has 0 unspecified atom stereocenters. The molecule has 0 radical (unpaired) electrons. The van der Waals surface area contributed by atoms with Crippen LogP contribution in [-0.4, -0.2) is 17.5 Å². The first-order chi connectivity index (χ1) is 8.01. The van der Waals surface area contributed by atoms with Gasteiger partial charge in [0.25, 0.3) is 0 Å². The first kappa shape index (κ1) is 13.0. The summed E-state index contributed by atoms with van der Waals surface area (Å²) >= 11 is 0. The summed E-state index contributed by atoms with van der Waals surface area (Å²) in [6, 6.07) is 3.68. The van der Waals surface area contributed by atoms with Gasteiger partial charge in [-0.1, -0.05) is 20.8 Å². The number of nitriles is 1. The van der Waals surface area contributed by atoms with Crippen molar-refractivity contribution in [3.05, 3.63) is 24.5 Å². The van der Waals surface area contributed by atoms with E-state index < -0.39 is 0 Å². The van der Waals surface area contributed by atoms with Crippen molar-refractivity contribution in [2.45, 2.75) is 20.8 Å². The summed E-state index contributed by atoms with van der Waals surface area (Å²) in [7, 11) is 0. The van der Waals surface area contributed by atoms with E-state index in [1.54, 1.807) is 12.4 Å². The predicted molar refractivity (Wildman–Crippen MR) is 68.4 cm³/mol. The normalized spacial score (nSPS) is 11.8. The molecular weight excluding hydrogens is 214 g/mol. The molecule has 5 nitrogen and oxygen atoms in total. The van der Waals surface area contributed by atoms with Crippen LogP contribution in [0.3, 0.4) is 0 Å². The zero-order chi connectivity index (χ0) is 12.7. The number of guanidine groups is 1. The molecule has 5 heteroatoms. The summed E-state index contributed by atoms with van der Waals surface area (Å²) in [6.45, 7) is 6.89. The highest BCUT2D eigenvalue weighted by Crippen LogP contribution is 2.13. The zero-order valence-corrected chi connectivity index (χ0v) is 10.4. The Morgan fingerprint density at radius 3 is 2.82 bits per heavy atom. The molecule has 1 heterocycles. The maximum Gasteiger partial charge on any atom is 0.209 e. The molecule has 0 aliphatic heterocycles. The Kier molecular flexibility index (Phi) is 4.46. The number of nitrogens with one attached hydrogen (secondary N) is 2. The van der Waals surface area contributed by atoms with E-state index in [0.29, 0.717) is 12.5 Å². The molecule has 0 saturated heterocycles. The third-order valence-electron chi connectivity index (χ3n) is 1.81. The maximum absolute atomic E-state index is 8.65. The predicted octanol–water partition coefficient (Wildman–Crippen LogP) is 1.97. The fourth-order valence-electron chi connectivity index (χ4n) is 1.05. The van der Waals surface area contributed by atoms with Crippen LogP contribution in [0.4, 0.5) is 5.69 Å². The number of aliphatic imine (C=N–C) groups is 1. The van der Waals surface area contributed by atoms with Crippen molar-refractivity contribution >= 4 is 11.6 Å². The molecule has 0 aromatic carbocycles. The molecule has 0 fully saturated rings. The summed E-state index contributed by atoms with van der Waals surface area (Å²) < 4.78 is 0. The van der Waals surface area contributed by atoms with Gasteiger partial charge in [-0.2, -0.15) is 5.26 Å². The monoisotopic (exact) mass is 231 g/mol. The van der Waals surface area contributed by atoms with Gasteiger partial charge in [0.1, 0.15) is 0 Å². The lowest BCUT2D eigenvalue weighted by molar-refractivity contribution is 0.429. The van der Waals surface area contributed by atoms with Crippen LogP contribution in [-0.2, 0) is 0 Å². The minimum atomic E-state index is 0.0823. The number of nitrogens with zero attached hydrogens (tertiary/aromatic N) is 3. The van der Waals surface area contributed by atoms with Crippen LogP contribution in [0, 0.1) is 16.9 Å². The summed E-state index contributed by atoms with van der Waals surface area (Å²) in [4.78, 5) is 8.30. The molecular formula is C12H17N5. The van der Waals surface area contributed by atoms with Crippen LogP contribution in [0.1, 0.15) is 20.8 Å². The first-order valence-corrected chi connectivity index (χ1v) is 5.38. The molecule has 2 N–H and O–H groups in total. The molecule has 17 heavy (non-hydrogen) atoms. The van der Waals surface area contributed by atoms with Gasteiger partial charge in [0, 0.05) is 12.7 Å². The molecule has 0 amide bonds. The van der Waals surface area contributed by atoms with Gasteiger partial charge in [0.15, 0.2) is 6.19 Å². The fraction of sp³-hybridized carbons (Fsp3) is 0.417. The van der Waals surface area contributed by atoms with Gasteiger partial charge in [-0.3, -0.25) is 15.3 Å². The highest BCUT2D eigenvalue weighted by Gasteiger charge is 2.09. The van der Waals surface area contributed by atoms with Crippen LogP contribution >= 0.6 is 0 Å². The van der Waals surface area contributed by atoms with Gasteiger partial charge in [0.05, 0.1) is 11.9 Å². The van der Waals surface area contributed by atoms with Crippen LogP contribution in [0.25, 0.3) is 0 Å². The molecule has 0 spiro atoms. The SMILES string of the molecule is CC(C)(C)CN=C(NC#N)Nc1cccnc1. The van der Waals surface area contributed by atoms with Gasteiger partial charge in [-0.25, -0.2) is 0 Å². The van der Waals surface area contributed by atoms with E-state index in [-0.39, 0.29) is 5.41 Å². The fourth-order valence-corrected chi connectivity index (χ4v) is 1.05. The third-order valence-corrected chi connectivity index (χ3v) is 1.81. The number of aromatic nitrogens is 1. The van der Waals surface area contributed by atoms with Crippen molar-refractivity contribution in [3.63, 3.8) is 0 Å². The van der Waals surface area contributed by atoms with Crippen molar-refractivity contribution in [3.8, 4) is 6.19 Å². The number of pyridine rings is 1. The number of anilines is 1. The standard InChI is InChI=1S/C12H17N5/c1-12(2,3)8-15-11(16-9-13)17-10-5-4-6-14-7-10/h4-7H,8H2,1-3H3,(H2,15,16,17). The number of hydrogen-bond donors (Lipinski definition) is 2. The summed E-state index contributed by atoms with van der Waals surface area (Å²) in [5, 5.41) is 14.2. The third kappa shape index (κ3) is 5.52. The van der Waals surface area contributed by atoms with Gasteiger partial charge >= 0.3 is 0 Å². The van der Waals surface area contributed by atoms with Crippen molar-refractivity contribution in [1.29, 1.82) is 5.26 Å². The zero-order valence-electron chi connectivity index (χ0n) is 10.4. The van der Waals surface area contributed by atoms with E-state index in [1.165, 1.54) is 0 Å². The average Bonchev–Trinajstić information content (AvgIpc) is 2.27. The largest absolute Gasteiger partial charge is 0.324 e. The second kappa shape index (κ2) is 5.85. The van der Waals surface area contributed by atoms with Crippen LogP contribution in [0.15, 0.2) is 29.5 Å². The van der Waals surface area contributed by atoms with Crippen LogP contribution < -0.4 is 10.6 Å². The molecule has 1 aromatic rings. The lowest BCUT2D eigenvalue weighted by Gasteiger charge is -2.15. The van der Waals surface area contributed by atoms with Gasteiger partial charge in [0.2, 0.25) is 5.96 Å². The second-order valence-corrected chi connectivity index (χ2v) is 4.83. The smallest absolute Gasteiger partial charge is 0.209 e. The van der Waals surface area contributed by atoms with E-state index in [9.17, 15) is 0 Å². The van der Waals surface area contributed by atoms with Crippen molar-refractivity contribution in [1.82, 2.24) is 10.3 Å². The highest BCUT2D eigenvalue weighted by atomic mass is 15.2. The molecule has 0 bridgehead atoms. The molecule has 0 atom stereocenters. The van der Waals surface area contributed by atoms with Gasteiger partial charge in [-0.15, -0.1) is 0 Å². The van der Waals surface area contributed by atoms with Gasteiger partial charge in [-0.05, 0) is 17.5 Å². The number of hydrogen-bond acceptors (Lipinski definition) is 3. The first-order valence-electron chi connectivity index (χ1n) is 5.38. The topological polar surface area (TPSA) is 73.1 Å². The van der Waals surface area contributed by atoms with E-state index in [2.05, 4.69) is 41.4 Å². The van der Waals surface area contributed by atoms with Gasteiger partial charge < -0.3 is 5.32 Å². The molecule has 1 aromatic heterocycles.